The molecule has 44 heavy (non-hydrogen) atoms. The molecule has 236 valence electrons. The standard InChI is InChI=1S/C31H42N8O5/c1-18(2)26-15-38(29(42)13-12-24-19(3)37-44-21(24)5)16-27(40)34-25(14-23-10-8-7-9-11-23)30-33-22(6)36-39(30)17-28(41)32-20(4)31(43)35-26/h7-11,18,20,25-26H,12-17H2,1-6H3,(H,32,41)(H,34,40)(H,35,43)/t20-,25+,26-/m1/s1. The Labute approximate surface area is 257 Å². The summed E-state index contributed by atoms with van der Waals surface area (Å²) in [4.78, 5) is 59.6. The Morgan fingerprint density at radius 1 is 1.02 bits per heavy atom. The van der Waals surface area contributed by atoms with Crippen LogP contribution in [-0.2, 0) is 38.6 Å². The Morgan fingerprint density at radius 3 is 2.39 bits per heavy atom. The van der Waals surface area contributed by atoms with E-state index in [4.69, 9.17) is 4.52 Å². The van der Waals surface area contributed by atoms with Gasteiger partial charge >= 0.3 is 0 Å². The topological polar surface area (TPSA) is 164 Å². The highest BCUT2D eigenvalue weighted by Gasteiger charge is 2.30. The highest BCUT2D eigenvalue weighted by atomic mass is 16.5. The third kappa shape index (κ3) is 8.29. The Hall–Kier alpha value is -4.55. The van der Waals surface area contributed by atoms with E-state index in [0.717, 1.165) is 16.8 Å². The maximum atomic E-state index is 13.7. The van der Waals surface area contributed by atoms with Gasteiger partial charge in [0.15, 0.2) is 5.82 Å². The summed E-state index contributed by atoms with van der Waals surface area (Å²) in [5, 5.41) is 17.1. The number of amides is 4. The molecule has 0 saturated heterocycles. The average Bonchev–Trinajstić information content (AvgIpc) is 3.49. The zero-order valence-corrected chi connectivity index (χ0v) is 26.2. The van der Waals surface area contributed by atoms with E-state index < -0.39 is 35.8 Å². The lowest BCUT2D eigenvalue weighted by atomic mass is 10.0. The van der Waals surface area contributed by atoms with E-state index in [2.05, 4.69) is 31.2 Å². The highest BCUT2D eigenvalue weighted by molar-refractivity contribution is 5.88. The maximum Gasteiger partial charge on any atom is 0.242 e. The molecule has 3 aromatic rings. The van der Waals surface area contributed by atoms with Crippen molar-refractivity contribution in [2.24, 2.45) is 5.92 Å². The minimum absolute atomic E-state index is 0.0681. The van der Waals surface area contributed by atoms with Crippen LogP contribution in [0.1, 0.15) is 67.5 Å². The number of hydrogen-bond donors (Lipinski definition) is 3. The van der Waals surface area contributed by atoms with Crippen molar-refractivity contribution in [2.45, 2.75) is 85.5 Å². The molecule has 0 aliphatic carbocycles. The van der Waals surface area contributed by atoms with Crippen LogP contribution >= 0.6 is 0 Å². The molecule has 3 atom stereocenters. The summed E-state index contributed by atoms with van der Waals surface area (Å²) < 4.78 is 6.71. The lowest BCUT2D eigenvalue weighted by molar-refractivity contribution is -0.137. The van der Waals surface area contributed by atoms with Crippen LogP contribution in [0.15, 0.2) is 34.9 Å². The van der Waals surface area contributed by atoms with Gasteiger partial charge in [0.05, 0.1) is 18.3 Å². The molecule has 1 aromatic carbocycles. The molecular formula is C31H42N8O5. The maximum absolute atomic E-state index is 13.7. The van der Waals surface area contributed by atoms with E-state index in [1.165, 1.54) is 9.58 Å². The molecule has 1 aliphatic rings. The summed E-state index contributed by atoms with van der Waals surface area (Å²) in [6.45, 7) is 10.5. The van der Waals surface area contributed by atoms with E-state index in [1.54, 1.807) is 20.8 Å². The molecule has 4 rings (SSSR count). The molecule has 1 aliphatic heterocycles. The number of carbonyl (C=O) groups is 4. The van der Waals surface area contributed by atoms with Crippen LogP contribution < -0.4 is 16.0 Å². The smallest absolute Gasteiger partial charge is 0.242 e. The fraction of sp³-hybridized carbons (Fsp3) is 0.516. The van der Waals surface area contributed by atoms with Crippen LogP contribution in [-0.4, -0.2) is 73.6 Å². The lowest BCUT2D eigenvalue weighted by Crippen LogP contribution is -2.54. The van der Waals surface area contributed by atoms with Crippen LogP contribution in [0.25, 0.3) is 0 Å². The fourth-order valence-electron chi connectivity index (χ4n) is 5.28. The third-order valence-corrected chi connectivity index (χ3v) is 7.81. The molecule has 3 heterocycles. The normalized spacial score (nSPS) is 20.3. The van der Waals surface area contributed by atoms with Gasteiger partial charge in [0.25, 0.3) is 0 Å². The van der Waals surface area contributed by atoms with Crippen molar-refractivity contribution in [2.75, 3.05) is 13.1 Å². The van der Waals surface area contributed by atoms with Crippen molar-refractivity contribution < 1.29 is 23.7 Å². The molecule has 0 fully saturated rings. The number of benzene rings is 1. The van der Waals surface area contributed by atoms with E-state index in [9.17, 15) is 19.2 Å². The number of rotatable bonds is 6. The van der Waals surface area contributed by atoms with Gasteiger partial charge in [0.2, 0.25) is 23.6 Å². The van der Waals surface area contributed by atoms with Gasteiger partial charge < -0.3 is 25.4 Å². The van der Waals surface area contributed by atoms with Gasteiger partial charge in [0.1, 0.15) is 24.2 Å². The zero-order valence-electron chi connectivity index (χ0n) is 26.2. The predicted octanol–water partition coefficient (Wildman–Crippen LogP) is 1.71. The molecule has 0 bridgehead atoms. The van der Waals surface area contributed by atoms with E-state index in [1.807, 2.05) is 51.1 Å². The van der Waals surface area contributed by atoms with Gasteiger partial charge in [-0.05, 0) is 52.0 Å². The molecule has 13 heteroatoms. The van der Waals surface area contributed by atoms with Crippen molar-refractivity contribution in [1.29, 1.82) is 0 Å². The van der Waals surface area contributed by atoms with Gasteiger partial charge in [-0.25, -0.2) is 9.67 Å². The van der Waals surface area contributed by atoms with Gasteiger partial charge in [-0.1, -0.05) is 49.3 Å². The number of carbonyl (C=O) groups excluding carboxylic acids is 4. The highest BCUT2D eigenvalue weighted by Crippen LogP contribution is 2.19. The first kappa shape index (κ1) is 32.4. The molecule has 13 nitrogen and oxygen atoms in total. The van der Waals surface area contributed by atoms with E-state index in [0.29, 0.717) is 30.3 Å². The zero-order chi connectivity index (χ0) is 32.0. The fourth-order valence-corrected chi connectivity index (χ4v) is 5.28. The average molecular weight is 607 g/mol. The molecule has 0 saturated carbocycles. The number of aromatic nitrogens is 4. The second-order valence-corrected chi connectivity index (χ2v) is 11.7. The Balaban J connectivity index is 1.68. The number of fused-ring (bicyclic) bond motifs is 1. The van der Waals surface area contributed by atoms with Gasteiger partial charge in [0, 0.05) is 24.6 Å². The molecule has 0 unspecified atom stereocenters. The van der Waals surface area contributed by atoms with Gasteiger partial charge in [-0.15, -0.1) is 0 Å². The van der Waals surface area contributed by atoms with Crippen LogP contribution in [0.2, 0.25) is 0 Å². The third-order valence-electron chi connectivity index (χ3n) is 7.81. The van der Waals surface area contributed by atoms with Crippen molar-refractivity contribution >= 4 is 23.6 Å². The molecule has 3 N–H and O–H groups in total. The summed E-state index contributed by atoms with van der Waals surface area (Å²) in [7, 11) is 0. The van der Waals surface area contributed by atoms with E-state index in [-0.39, 0.29) is 37.9 Å². The largest absolute Gasteiger partial charge is 0.361 e. The summed E-state index contributed by atoms with van der Waals surface area (Å²) in [5.41, 5.74) is 2.52. The summed E-state index contributed by atoms with van der Waals surface area (Å²) in [6.07, 6.45) is 0.915. The second-order valence-electron chi connectivity index (χ2n) is 11.7. The monoisotopic (exact) mass is 606 g/mol. The van der Waals surface area contributed by atoms with E-state index >= 15 is 0 Å². The molecule has 0 spiro atoms. The van der Waals surface area contributed by atoms with Crippen molar-refractivity contribution in [3.63, 3.8) is 0 Å². The first-order chi connectivity index (χ1) is 20.9. The van der Waals surface area contributed by atoms with Gasteiger partial charge in [-0.2, -0.15) is 5.10 Å². The lowest BCUT2D eigenvalue weighted by Gasteiger charge is -2.31. The summed E-state index contributed by atoms with van der Waals surface area (Å²) in [5.74, 6) is -0.0408. The van der Waals surface area contributed by atoms with Crippen molar-refractivity contribution in [3.8, 4) is 0 Å². The minimum atomic E-state index is -0.842. The quantitative estimate of drug-likeness (QED) is 0.382. The SMILES string of the molecule is Cc1nc2n(n1)CC(=O)N[C@H](C)C(=O)N[C@@H](C(C)C)CN(C(=O)CCc1c(C)noc1C)CC(=O)N[C@H]2Cc1ccccc1. The van der Waals surface area contributed by atoms with Crippen LogP contribution in [0.5, 0.6) is 0 Å². The number of nitrogens with one attached hydrogen (secondary N) is 3. The number of hydrogen-bond acceptors (Lipinski definition) is 8. The first-order valence-corrected chi connectivity index (χ1v) is 14.9. The second kappa shape index (κ2) is 14.3. The van der Waals surface area contributed by atoms with Gasteiger partial charge in [-0.3, -0.25) is 19.2 Å². The minimum Gasteiger partial charge on any atom is -0.361 e. The molecular weight excluding hydrogens is 564 g/mol. The molecule has 2 aromatic heterocycles. The summed E-state index contributed by atoms with van der Waals surface area (Å²) >= 11 is 0. The Morgan fingerprint density at radius 2 is 1.73 bits per heavy atom. The summed E-state index contributed by atoms with van der Waals surface area (Å²) in [6, 6.07) is 7.66. The number of aryl methyl sites for hydroxylation is 3. The van der Waals surface area contributed by atoms with Crippen LogP contribution in [0.3, 0.4) is 0 Å². The first-order valence-electron chi connectivity index (χ1n) is 14.9. The number of nitrogens with zero attached hydrogens (tertiary/aromatic N) is 5. The molecule has 0 radical (unpaired) electrons. The Bertz CT molecular complexity index is 1460. The Kier molecular flexibility index (Phi) is 10.5. The van der Waals surface area contributed by atoms with Crippen molar-refractivity contribution in [3.05, 3.63) is 64.6 Å². The van der Waals surface area contributed by atoms with Crippen molar-refractivity contribution in [1.82, 2.24) is 40.8 Å². The predicted molar refractivity (Wildman–Crippen MR) is 161 cm³/mol. The van der Waals surface area contributed by atoms with Crippen LogP contribution in [0, 0.1) is 26.7 Å². The van der Waals surface area contributed by atoms with Crippen LogP contribution in [0.4, 0.5) is 0 Å². The molecule has 4 amide bonds.